The first-order valence-corrected chi connectivity index (χ1v) is 7.21. The average Bonchev–Trinajstić information content (AvgIpc) is 2.58. The summed E-state index contributed by atoms with van der Waals surface area (Å²) in [5.41, 5.74) is 0. The summed E-state index contributed by atoms with van der Waals surface area (Å²) in [7, 11) is 0. The minimum Gasteiger partial charge on any atom is -0.134 e. The van der Waals surface area contributed by atoms with Crippen LogP contribution in [0.2, 0.25) is 0 Å². The summed E-state index contributed by atoms with van der Waals surface area (Å²) in [5.74, 6) is 0. The minimum atomic E-state index is 1.15. The Morgan fingerprint density at radius 2 is 1.93 bits per heavy atom. The molecule has 74 valence electrons. The molecule has 0 aliphatic carbocycles. The van der Waals surface area contributed by atoms with E-state index in [9.17, 15) is 0 Å². The summed E-state index contributed by atoms with van der Waals surface area (Å²) in [6.07, 6.45) is 0. The van der Waals surface area contributed by atoms with Crippen LogP contribution in [0.25, 0.3) is 20.2 Å². The topological polar surface area (TPSA) is 0 Å². The van der Waals surface area contributed by atoms with Crippen molar-refractivity contribution in [3.63, 3.8) is 0 Å². The monoisotopic (exact) mass is 388 g/mol. The molecule has 3 aromatic rings. The molecule has 0 bridgehead atoms. The molecule has 3 heteroatoms. The molecule has 0 saturated heterocycles. The van der Waals surface area contributed by atoms with Crippen LogP contribution in [0.4, 0.5) is 0 Å². The molecule has 0 N–H and O–H groups in total. The quantitative estimate of drug-likeness (QED) is 0.451. The SMILES string of the molecule is Brc1ccc2sc3c(I)cccc3c2c1. The molecule has 0 spiro atoms. The number of halogens is 2. The van der Waals surface area contributed by atoms with Gasteiger partial charge in [-0.15, -0.1) is 11.3 Å². The van der Waals surface area contributed by atoms with Gasteiger partial charge in [-0.1, -0.05) is 28.1 Å². The van der Waals surface area contributed by atoms with E-state index >= 15 is 0 Å². The summed E-state index contributed by atoms with van der Waals surface area (Å²) >= 11 is 7.79. The number of rotatable bonds is 0. The molecule has 15 heavy (non-hydrogen) atoms. The van der Waals surface area contributed by atoms with Gasteiger partial charge in [0.25, 0.3) is 0 Å². The summed E-state index contributed by atoms with van der Waals surface area (Å²) in [5, 5.41) is 2.71. The molecule has 0 aliphatic heterocycles. The molecule has 0 nitrogen and oxygen atoms in total. The van der Waals surface area contributed by atoms with Gasteiger partial charge >= 0.3 is 0 Å². The highest BCUT2D eigenvalue weighted by molar-refractivity contribution is 14.1. The molecule has 1 aromatic heterocycles. The summed E-state index contributed by atoms with van der Waals surface area (Å²) < 4.78 is 5.24. The number of fused-ring (bicyclic) bond motifs is 3. The van der Waals surface area contributed by atoms with E-state index in [1.165, 1.54) is 23.7 Å². The summed E-state index contributed by atoms with van der Waals surface area (Å²) in [4.78, 5) is 0. The van der Waals surface area contributed by atoms with E-state index in [1.54, 1.807) is 0 Å². The average molecular weight is 389 g/mol. The lowest BCUT2D eigenvalue weighted by atomic mass is 10.2. The predicted molar refractivity (Wildman–Crippen MR) is 79.7 cm³/mol. The number of hydrogen-bond donors (Lipinski definition) is 0. The number of hydrogen-bond acceptors (Lipinski definition) is 1. The van der Waals surface area contributed by atoms with Crippen molar-refractivity contribution in [3.05, 3.63) is 44.4 Å². The van der Waals surface area contributed by atoms with Gasteiger partial charge in [0.1, 0.15) is 0 Å². The van der Waals surface area contributed by atoms with Crippen molar-refractivity contribution < 1.29 is 0 Å². The van der Waals surface area contributed by atoms with E-state index < -0.39 is 0 Å². The van der Waals surface area contributed by atoms with Gasteiger partial charge in [0, 0.05) is 28.2 Å². The molecule has 2 aromatic carbocycles. The van der Waals surface area contributed by atoms with Crippen LogP contribution in [-0.4, -0.2) is 0 Å². The Hall–Kier alpha value is -0.130. The molecule has 0 fully saturated rings. The van der Waals surface area contributed by atoms with Crippen LogP contribution in [0.3, 0.4) is 0 Å². The van der Waals surface area contributed by atoms with Gasteiger partial charge in [-0.2, -0.15) is 0 Å². The zero-order valence-corrected chi connectivity index (χ0v) is 12.2. The van der Waals surface area contributed by atoms with Crippen LogP contribution in [0.15, 0.2) is 40.9 Å². The highest BCUT2D eigenvalue weighted by atomic mass is 127. The third-order valence-electron chi connectivity index (χ3n) is 2.41. The molecule has 0 saturated carbocycles. The third kappa shape index (κ3) is 1.61. The first kappa shape index (κ1) is 10.1. The summed E-state index contributed by atoms with van der Waals surface area (Å²) in [6.45, 7) is 0. The highest BCUT2D eigenvalue weighted by Crippen LogP contribution is 2.37. The third-order valence-corrected chi connectivity index (χ3v) is 5.39. The molecular formula is C12H6BrIS. The summed E-state index contributed by atoms with van der Waals surface area (Å²) in [6, 6.07) is 13.0. The molecule has 1 heterocycles. The molecular weight excluding hydrogens is 383 g/mol. The van der Waals surface area contributed by atoms with E-state index in [0.717, 1.165) is 4.47 Å². The Balaban J connectivity index is 2.58. The van der Waals surface area contributed by atoms with Crippen LogP contribution in [0.5, 0.6) is 0 Å². The van der Waals surface area contributed by atoms with Crippen LogP contribution in [-0.2, 0) is 0 Å². The van der Waals surface area contributed by atoms with Gasteiger partial charge in [-0.05, 0) is 46.9 Å². The second-order valence-corrected chi connectivity index (χ2v) is 6.49. The number of benzene rings is 2. The Bertz CT molecular complexity index is 657. The maximum Gasteiger partial charge on any atom is 0.0488 e. The van der Waals surface area contributed by atoms with Crippen LogP contribution >= 0.6 is 49.9 Å². The van der Waals surface area contributed by atoms with E-state index in [2.05, 4.69) is 74.9 Å². The molecule has 0 amide bonds. The second kappa shape index (κ2) is 3.71. The van der Waals surface area contributed by atoms with Gasteiger partial charge in [0.2, 0.25) is 0 Å². The predicted octanol–water partition coefficient (Wildman–Crippen LogP) is 5.42. The smallest absolute Gasteiger partial charge is 0.0488 e. The van der Waals surface area contributed by atoms with Crippen molar-refractivity contribution in [2.45, 2.75) is 0 Å². The Labute approximate surface area is 114 Å². The Morgan fingerprint density at radius 3 is 2.80 bits per heavy atom. The first-order valence-electron chi connectivity index (χ1n) is 4.52. The zero-order chi connectivity index (χ0) is 10.4. The molecule has 3 rings (SSSR count). The Kier molecular flexibility index (Phi) is 2.49. The zero-order valence-electron chi connectivity index (χ0n) is 7.63. The lowest BCUT2D eigenvalue weighted by molar-refractivity contribution is 1.76. The van der Waals surface area contributed by atoms with Gasteiger partial charge in [0.15, 0.2) is 0 Å². The van der Waals surface area contributed by atoms with Crippen molar-refractivity contribution in [2.24, 2.45) is 0 Å². The lowest BCUT2D eigenvalue weighted by Gasteiger charge is -1.93. The first-order chi connectivity index (χ1) is 7.25. The van der Waals surface area contributed by atoms with E-state index in [0.29, 0.717) is 0 Å². The largest absolute Gasteiger partial charge is 0.134 e. The fourth-order valence-corrected chi connectivity index (χ4v) is 4.01. The van der Waals surface area contributed by atoms with Gasteiger partial charge in [-0.25, -0.2) is 0 Å². The molecule has 0 aliphatic rings. The van der Waals surface area contributed by atoms with Crippen LogP contribution in [0.1, 0.15) is 0 Å². The van der Waals surface area contributed by atoms with Crippen molar-refractivity contribution in [1.82, 2.24) is 0 Å². The van der Waals surface area contributed by atoms with Gasteiger partial charge in [-0.3, -0.25) is 0 Å². The number of thiophene rings is 1. The maximum atomic E-state index is 3.52. The maximum absolute atomic E-state index is 3.52. The highest BCUT2D eigenvalue weighted by Gasteiger charge is 2.06. The standard InChI is InChI=1S/C12H6BrIS/c13-7-4-5-11-9(6-7)8-2-1-3-10(14)12(8)15-11/h1-6H. The normalized spacial score (nSPS) is 11.3. The van der Waals surface area contributed by atoms with Gasteiger partial charge < -0.3 is 0 Å². The van der Waals surface area contributed by atoms with Crippen LogP contribution < -0.4 is 0 Å². The second-order valence-electron chi connectivity index (χ2n) is 3.36. The fourth-order valence-electron chi connectivity index (χ4n) is 1.74. The lowest BCUT2D eigenvalue weighted by Crippen LogP contribution is -1.70. The van der Waals surface area contributed by atoms with E-state index in [-0.39, 0.29) is 0 Å². The van der Waals surface area contributed by atoms with Crippen LogP contribution in [0, 0.1) is 3.57 Å². The fraction of sp³-hybridized carbons (Fsp3) is 0. The van der Waals surface area contributed by atoms with E-state index in [1.807, 2.05) is 11.3 Å². The van der Waals surface area contributed by atoms with E-state index in [4.69, 9.17) is 0 Å². The molecule has 0 radical (unpaired) electrons. The van der Waals surface area contributed by atoms with Gasteiger partial charge in [0.05, 0.1) is 0 Å². The van der Waals surface area contributed by atoms with Crippen molar-refractivity contribution in [2.75, 3.05) is 0 Å². The molecule has 0 unspecified atom stereocenters. The van der Waals surface area contributed by atoms with Crippen molar-refractivity contribution >= 4 is 70.0 Å². The van der Waals surface area contributed by atoms with Crippen molar-refractivity contribution in [3.8, 4) is 0 Å². The minimum absolute atomic E-state index is 1.15. The Morgan fingerprint density at radius 1 is 1.07 bits per heavy atom. The van der Waals surface area contributed by atoms with Crippen molar-refractivity contribution in [1.29, 1.82) is 0 Å². The molecule has 0 atom stereocenters.